The van der Waals surface area contributed by atoms with Gasteiger partial charge < -0.3 is 10.6 Å². The van der Waals surface area contributed by atoms with Gasteiger partial charge in [0.2, 0.25) is 0 Å². The molecule has 2 N–H and O–H groups in total. The second kappa shape index (κ2) is 4.33. The van der Waals surface area contributed by atoms with E-state index in [2.05, 4.69) is 17.6 Å². The maximum absolute atomic E-state index is 11.0. The van der Waals surface area contributed by atoms with Crippen LogP contribution in [0.25, 0.3) is 0 Å². The Morgan fingerprint density at radius 3 is 2.58 bits per heavy atom. The molecule has 12 heavy (non-hydrogen) atoms. The molecule has 3 nitrogen and oxygen atoms in total. The molecule has 0 bridgehead atoms. The number of carbonyl (C=O) groups excluding carboxylic acids is 1. The van der Waals surface area contributed by atoms with E-state index in [4.69, 9.17) is 0 Å². The first-order chi connectivity index (χ1) is 5.76. The zero-order chi connectivity index (χ0) is 8.97. The van der Waals surface area contributed by atoms with Crippen LogP contribution in [0.15, 0.2) is 0 Å². The maximum atomic E-state index is 11.0. The zero-order valence-electron chi connectivity index (χ0n) is 7.89. The first kappa shape index (κ1) is 9.36. The van der Waals surface area contributed by atoms with E-state index in [0.717, 1.165) is 18.8 Å². The van der Waals surface area contributed by atoms with Gasteiger partial charge in [-0.25, -0.2) is 4.79 Å². The molecule has 0 unspecified atom stereocenters. The van der Waals surface area contributed by atoms with Gasteiger partial charge in [0.05, 0.1) is 0 Å². The standard InChI is InChI=1S/C9H18N2O/c1-3-7-5-8(6-7)11-9(12)10-4-2/h7-8H,3-6H2,1-2H3,(H2,10,11,12)/t7-,8+. The zero-order valence-corrected chi connectivity index (χ0v) is 7.89. The fourth-order valence-electron chi connectivity index (χ4n) is 1.58. The summed E-state index contributed by atoms with van der Waals surface area (Å²) in [5.74, 6) is 0.844. The van der Waals surface area contributed by atoms with E-state index in [1.807, 2.05) is 6.92 Å². The summed E-state index contributed by atoms with van der Waals surface area (Å²) >= 11 is 0. The van der Waals surface area contributed by atoms with Crippen molar-refractivity contribution in [2.75, 3.05) is 6.54 Å². The van der Waals surface area contributed by atoms with Crippen molar-refractivity contribution in [3.8, 4) is 0 Å². The van der Waals surface area contributed by atoms with Gasteiger partial charge in [-0.2, -0.15) is 0 Å². The molecule has 0 spiro atoms. The molecule has 0 heterocycles. The van der Waals surface area contributed by atoms with Crippen LogP contribution in [-0.4, -0.2) is 18.6 Å². The fraction of sp³-hybridized carbons (Fsp3) is 0.889. The molecule has 0 saturated heterocycles. The van der Waals surface area contributed by atoms with Gasteiger partial charge in [0.1, 0.15) is 0 Å². The third-order valence-electron chi connectivity index (χ3n) is 2.49. The van der Waals surface area contributed by atoms with Gasteiger partial charge in [0.15, 0.2) is 0 Å². The number of nitrogens with one attached hydrogen (secondary N) is 2. The number of hydrogen-bond donors (Lipinski definition) is 2. The lowest BCUT2D eigenvalue weighted by Crippen LogP contribution is -2.48. The highest BCUT2D eigenvalue weighted by atomic mass is 16.2. The van der Waals surface area contributed by atoms with Crippen molar-refractivity contribution in [1.82, 2.24) is 10.6 Å². The Morgan fingerprint density at radius 2 is 2.08 bits per heavy atom. The summed E-state index contributed by atoms with van der Waals surface area (Å²) < 4.78 is 0. The van der Waals surface area contributed by atoms with Crippen molar-refractivity contribution in [1.29, 1.82) is 0 Å². The molecule has 0 radical (unpaired) electrons. The van der Waals surface area contributed by atoms with Gasteiger partial charge >= 0.3 is 6.03 Å². The van der Waals surface area contributed by atoms with Gasteiger partial charge in [-0.1, -0.05) is 13.3 Å². The van der Waals surface area contributed by atoms with Gasteiger partial charge in [-0.15, -0.1) is 0 Å². The molecule has 0 aromatic heterocycles. The quantitative estimate of drug-likeness (QED) is 0.662. The Morgan fingerprint density at radius 1 is 1.42 bits per heavy atom. The Balaban J connectivity index is 2.06. The van der Waals surface area contributed by atoms with E-state index in [0.29, 0.717) is 12.6 Å². The Labute approximate surface area is 73.9 Å². The van der Waals surface area contributed by atoms with E-state index in [-0.39, 0.29) is 6.03 Å². The van der Waals surface area contributed by atoms with Crippen LogP contribution < -0.4 is 10.6 Å². The normalized spacial score (nSPS) is 27.5. The molecule has 1 rings (SSSR count). The second-order valence-corrected chi connectivity index (χ2v) is 3.45. The first-order valence-electron chi connectivity index (χ1n) is 4.80. The molecular formula is C9H18N2O. The van der Waals surface area contributed by atoms with Crippen molar-refractivity contribution in [3.05, 3.63) is 0 Å². The van der Waals surface area contributed by atoms with E-state index < -0.39 is 0 Å². The van der Waals surface area contributed by atoms with E-state index >= 15 is 0 Å². The molecule has 0 aromatic rings. The van der Waals surface area contributed by atoms with Crippen molar-refractivity contribution in [3.63, 3.8) is 0 Å². The number of carbonyl (C=O) groups is 1. The summed E-state index contributed by atoms with van der Waals surface area (Å²) in [6, 6.07) is 0.415. The summed E-state index contributed by atoms with van der Waals surface area (Å²) in [6.07, 6.45) is 3.56. The van der Waals surface area contributed by atoms with E-state index in [1.165, 1.54) is 6.42 Å². The molecular weight excluding hydrogens is 152 g/mol. The first-order valence-corrected chi connectivity index (χ1v) is 4.80. The maximum Gasteiger partial charge on any atom is 0.314 e. The van der Waals surface area contributed by atoms with E-state index in [1.54, 1.807) is 0 Å². The molecule has 1 aliphatic rings. The summed E-state index contributed by atoms with van der Waals surface area (Å²) in [7, 11) is 0. The topological polar surface area (TPSA) is 41.1 Å². The summed E-state index contributed by atoms with van der Waals surface area (Å²) in [5, 5.41) is 5.66. The number of amides is 2. The fourth-order valence-corrected chi connectivity index (χ4v) is 1.58. The summed E-state index contributed by atoms with van der Waals surface area (Å²) in [6.45, 7) is 4.83. The SMILES string of the molecule is CCNC(=O)N[C@H]1C[C@@H](CC)C1. The van der Waals surface area contributed by atoms with Crippen molar-refractivity contribution >= 4 is 6.03 Å². The van der Waals surface area contributed by atoms with Gasteiger partial charge in [0, 0.05) is 12.6 Å². The van der Waals surface area contributed by atoms with Crippen LogP contribution in [0.2, 0.25) is 0 Å². The molecule has 2 amide bonds. The lowest BCUT2D eigenvalue weighted by Gasteiger charge is -2.35. The van der Waals surface area contributed by atoms with Gasteiger partial charge in [-0.3, -0.25) is 0 Å². The lowest BCUT2D eigenvalue weighted by molar-refractivity contribution is 0.200. The van der Waals surface area contributed by atoms with Crippen LogP contribution in [-0.2, 0) is 0 Å². The molecule has 0 aliphatic heterocycles. The van der Waals surface area contributed by atoms with Crippen LogP contribution >= 0.6 is 0 Å². The third-order valence-corrected chi connectivity index (χ3v) is 2.49. The van der Waals surface area contributed by atoms with Crippen LogP contribution in [0.3, 0.4) is 0 Å². The molecule has 1 fully saturated rings. The summed E-state index contributed by atoms with van der Waals surface area (Å²) in [5.41, 5.74) is 0. The third kappa shape index (κ3) is 2.40. The number of hydrogen-bond acceptors (Lipinski definition) is 1. The smallest absolute Gasteiger partial charge is 0.314 e. The monoisotopic (exact) mass is 170 g/mol. The Bertz CT molecular complexity index is 153. The number of urea groups is 1. The van der Waals surface area contributed by atoms with E-state index in [9.17, 15) is 4.79 Å². The molecule has 0 aromatic carbocycles. The minimum atomic E-state index is -0.0166. The Hall–Kier alpha value is -0.730. The lowest BCUT2D eigenvalue weighted by atomic mass is 9.79. The van der Waals surface area contributed by atoms with Crippen LogP contribution in [0.5, 0.6) is 0 Å². The highest BCUT2D eigenvalue weighted by Crippen LogP contribution is 2.29. The van der Waals surface area contributed by atoms with Crippen LogP contribution in [0, 0.1) is 5.92 Å². The van der Waals surface area contributed by atoms with Crippen molar-refractivity contribution < 1.29 is 4.79 Å². The minimum absolute atomic E-state index is 0.0166. The van der Waals surface area contributed by atoms with Crippen LogP contribution in [0.1, 0.15) is 33.1 Å². The molecule has 3 heteroatoms. The number of rotatable bonds is 3. The van der Waals surface area contributed by atoms with Gasteiger partial charge in [0.25, 0.3) is 0 Å². The Kier molecular flexibility index (Phi) is 3.38. The highest BCUT2D eigenvalue weighted by molar-refractivity contribution is 5.74. The highest BCUT2D eigenvalue weighted by Gasteiger charge is 2.28. The van der Waals surface area contributed by atoms with Crippen molar-refractivity contribution in [2.45, 2.75) is 39.2 Å². The molecule has 1 aliphatic carbocycles. The minimum Gasteiger partial charge on any atom is -0.338 e. The largest absolute Gasteiger partial charge is 0.338 e. The average Bonchev–Trinajstić information content (AvgIpc) is 1.96. The predicted molar refractivity (Wildman–Crippen MR) is 49.0 cm³/mol. The molecule has 70 valence electrons. The molecule has 0 atom stereocenters. The predicted octanol–water partition coefficient (Wildman–Crippen LogP) is 1.49. The van der Waals surface area contributed by atoms with Gasteiger partial charge in [-0.05, 0) is 25.7 Å². The van der Waals surface area contributed by atoms with Crippen molar-refractivity contribution in [2.24, 2.45) is 5.92 Å². The van der Waals surface area contributed by atoms with Crippen LogP contribution in [0.4, 0.5) is 4.79 Å². The second-order valence-electron chi connectivity index (χ2n) is 3.45. The summed E-state index contributed by atoms with van der Waals surface area (Å²) in [4.78, 5) is 11.0. The average molecular weight is 170 g/mol. The molecule has 1 saturated carbocycles.